The molecule has 2 rings (SSSR count). The van der Waals surface area contributed by atoms with E-state index in [-0.39, 0.29) is 0 Å². The highest BCUT2D eigenvalue weighted by Crippen LogP contribution is 2.23. The van der Waals surface area contributed by atoms with Gasteiger partial charge in [-0.2, -0.15) is 0 Å². The summed E-state index contributed by atoms with van der Waals surface area (Å²) >= 11 is 0. The SMILES string of the molecule is CCCCNN(c1ccccc1)c1cccc(C)c1. The van der Waals surface area contributed by atoms with Gasteiger partial charge in [0.25, 0.3) is 0 Å². The van der Waals surface area contributed by atoms with Crippen molar-refractivity contribution in [3.63, 3.8) is 0 Å². The summed E-state index contributed by atoms with van der Waals surface area (Å²) in [5, 5.41) is 2.17. The summed E-state index contributed by atoms with van der Waals surface area (Å²) in [6, 6.07) is 19.0. The van der Waals surface area contributed by atoms with Crippen LogP contribution >= 0.6 is 0 Å². The van der Waals surface area contributed by atoms with Crippen LogP contribution in [0.3, 0.4) is 0 Å². The second-order valence-electron chi connectivity index (χ2n) is 4.77. The van der Waals surface area contributed by atoms with Gasteiger partial charge < -0.3 is 0 Å². The molecule has 0 saturated heterocycles. The Morgan fingerprint density at radius 3 is 2.37 bits per heavy atom. The van der Waals surface area contributed by atoms with Crippen LogP contribution in [0.15, 0.2) is 54.6 Å². The highest BCUT2D eigenvalue weighted by Gasteiger charge is 2.07. The molecule has 0 bridgehead atoms. The topological polar surface area (TPSA) is 15.3 Å². The predicted octanol–water partition coefficient (Wildman–Crippen LogP) is 4.44. The van der Waals surface area contributed by atoms with Crippen LogP contribution in [0.2, 0.25) is 0 Å². The van der Waals surface area contributed by atoms with Gasteiger partial charge in [0.2, 0.25) is 0 Å². The molecule has 0 unspecified atom stereocenters. The van der Waals surface area contributed by atoms with Crippen molar-refractivity contribution in [2.24, 2.45) is 0 Å². The van der Waals surface area contributed by atoms with Gasteiger partial charge in [-0.25, -0.2) is 5.43 Å². The number of nitrogens with one attached hydrogen (secondary N) is 1. The third-order valence-electron chi connectivity index (χ3n) is 3.07. The molecule has 19 heavy (non-hydrogen) atoms. The minimum atomic E-state index is 0.985. The molecule has 0 aliphatic carbocycles. The molecule has 2 aromatic carbocycles. The maximum absolute atomic E-state index is 3.51. The number of aryl methyl sites for hydroxylation is 1. The number of rotatable bonds is 6. The van der Waals surface area contributed by atoms with E-state index in [1.54, 1.807) is 0 Å². The van der Waals surface area contributed by atoms with Gasteiger partial charge in [0, 0.05) is 6.54 Å². The van der Waals surface area contributed by atoms with E-state index < -0.39 is 0 Å². The molecule has 2 nitrogen and oxygen atoms in total. The zero-order chi connectivity index (χ0) is 13.5. The van der Waals surface area contributed by atoms with E-state index in [9.17, 15) is 0 Å². The van der Waals surface area contributed by atoms with Crippen LogP contribution in [-0.2, 0) is 0 Å². The van der Waals surface area contributed by atoms with Crippen molar-refractivity contribution in [2.75, 3.05) is 11.6 Å². The molecule has 0 amide bonds. The quantitative estimate of drug-likeness (QED) is 0.605. The first-order valence-electron chi connectivity index (χ1n) is 6.96. The van der Waals surface area contributed by atoms with Gasteiger partial charge >= 0.3 is 0 Å². The van der Waals surface area contributed by atoms with Crippen LogP contribution in [0.1, 0.15) is 25.3 Å². The molecule has 0 aliphatic rings. The molecule has 0 aliphatic heterocycles. The maximum atomic E-state index is 3.51. The number of benzene rings is 2. The van der Waals surface area contributed by atoms with Crippen molar-refractivity contribution in [1.29, 1.82) is 0 Å². The fourth-order valence-electron chi connectivity index (χ4n) is 2.04. The Bertz CT molecular complexity index is 494. The van der Waals surface area contributed by atoms with Gasteiger partial charge in [0.15, 0.2) is 0 Å². The van der Waals surface area contributed by atoms with Gasteiger partial charge in [-0.15, -0.1) is 0 Å². The van der Waals surface area contributed by atoms with Gasteiger partial charge in [0.05, 0.1) is 11.4 Å². The first-order valence-corrected chi connectivity index (χ1v) is 6.96. The fourth-order valence-corrected chi connectivity index (χ4v) is 2.04. The average Bonchev–Trinajstić information content (AvgIpc) is 2.45. The van der Waals surface area contributed by atoms with Gasteiger partial charge in [-0.05, 0) is 43.2 Å². The van der Waals surface area contributed by atoms with Gasteiger partial charge in [0.1, 0.15) is 0 Å². The van der Waals surface area contributed by atoms with Crippen LogP contribution in [0.4, 0.5) is 11.4 Å². The lowest BCUT2D eigenvalue weighted by Crippen LogP contribution is -2.34. The Morgan fingerprint density at radius 2 is 1.68 bits per heavy atom. The molecule has 0 fully saturated rings. The molecule has 0 atom stereocenters. The summed E-state index contributed by atoms with van der Waals surface area (Å²) in [5.41, 5.74) is 7.14. The molecule has 2 heteroatoms. The lowest BCUT2D eigenvalue weighted by Gasteiger charge is -2.26. The Balaban J connectivity index is 2.24. The largest absolute Gasteiger partial charge is 0.277 e. The van der Waals surface area contributed by atoms with Crippen molar-refractivity contribution >= 4 is 11.4 Å². The van der Waals surface area contributed by atoms with Crippen molar-refractivity contribution in [2.45, 2.75) is 26.7 Å². The van der Waals surface area contributed by atoms with Crippen molar-refractivity contribution in [3.8, 4) is 0 Å². The summed E-state index contributed by atoms with van der Waals surface area (Å²) < 4.78 is 0. The van der Waals surface area contributed by atoms with Crippen LogP contribution in [0.25, 0.3) is 0 Å². The first-order chi connectivity index (χ1) is 9.31. The average molecular weight is 254 g/mol. The van der Waals surface area contributed by atoms with Crippen LogP contribution in [-0.4, -0.2) is 6.54 Å². The first kappa shape index (κ1) is 13.6. The lowest BCUT2D eigenvalue weighted by molar-refractivity contribution is 0.651. The van der Waals surface area contributed by atoms with E-state index >= 15 is 0 Å². The molecular weight excluding hydrogens is 232 g/mol. The number of unbranched alkanes of at least 4 members (excludes halogenated alkanes) is 1. The monoisotopic (exact) mass is 254 g/mol. The van der Waals surface area contributed by atoms with E-state index in [0.29, 0.717) is 0 Å². The molecule has 0 radical (unpaired) electrons. The molecule has 1 N–H and O–H groups in total. The molecule has 0 heterocycles. The van der Waals surface area contributed by atoms with Crippen molar-refractivity contribution < 1.29 is 0 Å². The van der Waals surface area contributed by atoms with E-state index in [1.165, 1.54) is 29.8 Å². The summed E-state index contributed by atoms with van der Waals surface area (Å²) in [7, 11) is 0. The minimum absolute atomic E-state index is 0.985. The van der Waals surface area contributed by atoms with Crippen LogP contribution in [0, 0.1) is 6.92 Å². The number of para-hydroxylation sites is 1. The maximum Gasteiger partial charge on any atom is 0.0580 e. The van der Waals surface area contributed by atoms with Gasteiger partial charge in [-0.1, -0.05) is 43.7 Å². The van der Waals surface area contributed by atoms with E-state index in [1.807, 2.05) is 6.07 Å². The second kappa shape index (κ2) is 6.95. The fraction of sp³-hybridized carbons (Fsp3) is 0.294. The standard InChI is InChI=1S/C17H22N2/c1-3-4-13-18-19(16-10-6-5-7-11-16)17-12-8-9-15(2)14-17/h5-12,14,18H,3-4,13H2,1-2H3. The summed E-state index contributed by atoms with van der Waals surface area (Å²) in [6.07, 6.45) is 2.37. The highest BCUT2D eigenvalue weighted by atomic mass is 15.5. The molecule has 0 spiro atoms. The van der Waals surface area contributed by atoms with E-state index in [4.69, 9.17) is 0 Å². The Labute approximate surface area is 116 Å². The molecule has 0 aromatic heterocycles. The number of nitrogens with zero attached hydrogens (tertiary/aromatic N) is 1. The minimum Gasteiger partial charge on any atom is -0.277 e. The lowest BCUT2D eigenvalue weighted by atomic mass is 10.2. The number of hydrazine groups is 1. The zero-order valence-corrected chi connectivity index (χ0v) is 11.8. The number of anilines is 2. The number of hydrogen-bond acceptors (Lipinski definition) is 2. The van der Waals surface area contributed by atoms with Crippen molar-refractivity contribution in [1.82, 2.24) is 5.43 Å². The number of hydrogen-bond donors (Lipinski definition) is 1. The van der Waals surface area contributed by atoms with Crippen molar-refractivity contribution in [3.05, 3.63) is 60.2 Å². The smallest absolute Gasteiger partial charge is 0.0580 e. The molecule has 0 saturated carbocycles. The third kappa shape index (κ3) is 3.83. The molecular formula is C17H22N2. The second-order valence-corrected chi connectivity index (χ2v) is 4.77. The summed E-state index contributed by atoms with van der Waals surface area (Å²) in [5.74, 6) is 0. The zero-order valence-electron chi connectivity index (χ0n) is 11.8. The molecule has 100 valence electrons. The molecule has 2 aromatic rings. The van der Waals surface area contributed by atoms with Crippen LogP contribution < -0.4 is 10.4 Å². The summed E-state index contributed by atoms with van der Waals surface area (Å²) in [4.78, 5) is 0. The Hall–Kier alpha value is -1.80. The highest BCUT2D eigenvalue weighted by molar-refractivity contribution is 5.62. The summed E-state index contributed by atoms with van der Waals surface area (Å²) in [6.45, 7) is 5.32. The Morgan fingerprint density at radius 1 is 0.947 bits per heavy atom. The Kier molecular flexibility index (Phi) is 4.99. The van der Waals surface area contributed by atoms with E-state index in [2.05, 4.69) is 72.8 Å². The normalized spacial score (nSPS) is 10.4. The predicted molar refractivity (Wildman–Crippen MR) is 82.7 cm³/mol. The van der Waals surface area contributed by atoms with Gasteiger partial charge in [-0.3, -0.25) is 5.01 Å². The van der Waals surface area contributed by atoms with Crippen LogP contribution in [0.5, 0.6) is 0 Å². The third-order valence-corrected chi connectivity index (χ3v) is 3.07. The van der Waals surface area contributed by atoms with E-state index in [0.717, 1.165) is 6.54 Å².